The van der Waals surface area contributed by atoms with Gasteiger partial charge in [0.15, 0.2) is 0 Å². The summed E-state index contributed by atoms with van der Waals surface area (Å²) in [6.45, 7) is 9.96. The number of nitrogens with one attached hydrogen (secondary N) is 2. The van der Waals surface area contributed by atoms with Gasteiger partial charge in [0.25, 0.3) is 0 Å². The van der Waals surface area contributed by atoms with Crippen LogP contribution in [0.1, 0.15) is 47.0 Å². The zero-order valence-corrected chi connectivity index (χ0v) is 12.1. The fourth-order valence-corrected chi connectivity index (χ4v) is 1.55. The minimum Gasteiger partial charge on any atom is -0.343 e. The van der Waals surface area contributed by atoms with Gasteiger partial charge in [-0.05, 0) is 33.6 Å². The lowest BCUT2D eigenvalue weighted by molar-refractivity contribution is -0.130. The molecule has 5 heteroatoms. The Morgan fingerprint density at radius 2 is 1.78 bits per heavy atom. The van der Waals surface area contributed by atoms with Crippen LogP contribution in [0, 0.1) is 0 Å². The predicted molar refractivity (Wildman–Crippen MR) is 73.4 cm³/mol. The lowest BCUT2D eigenvalue weighted by Gasteiger charge is -2.18. The van der Waals surface area contributed by atoms with Crippen LogP contribution in [0.15, 0.2) is 0 Å². The highest BCUT2D eigenvalue weighted by Gasteiger charge is 2.09. The van der Waals surface area contributed by atoms with Crippen LogP contribution in [-0.2, 0) is 4.79 Å². The molecule has 0 fully saturated rings. The second-order valence-electron chi connectivity index (χ2n) is 4.38. The minimum absolute atomic E-state index is 0.153. The molecule has 0 aliphatic heterocycles. The molecule has 0 unspecified atom stereocenters. The standard InChI is InChI=1S/C13H27N3O2/c1-5-11(4)15-13(18)14-10-8-9-12(17)16(6-2)7-3/h11H,5-10H2,1-4H3,(H2,14,15,18)/t11-/m1/s1. The highest BCUT2D eigenvalue weighted by Crippen LogP contribution is 1.97. The first-order valence-electron chi connectivity index (χ1n) is 6.87. The molecule has 0 bridgehead atoms. The van der Waals surface area contributed by atoms with E-state index in [0.29, 0.717) is 19.4 Å². The number of urea groups is 1. The summed E-state index contributed by atoms with van der Waals surface area (Å²) in [6, 6.07) is 0.0296. The maximum absolute atomic E-state index is 11.7. The third-order valence-electron chi connectivity index (χ3n) is 2.96. The van der Waals surface area contributed by atoms with Crippen molar-refractivity contribution in [3.8, 4) is 0 Å². The molecule has 106 valence electrons. The number of hydrogen-bond acceptors (Lipinski definition) is 2. The van der Waals surface area contributed by atoms with Gasteiger partial charge < -0.3 is 15.5 Å². The Kier molecular flexibility index (Phi) is 9.06. The summed E-state index contributed by atoms with van der Waals surface area (Å²) in [7, 11) is 0. The molecule has 0 spiro atoms. The summed E-state index contributed by atoms with van der Waals surface area (Å²) in [4.78, 5) is 24.9. The summed E-state index contributed by atoms with van der Waals surface area (Å²) >= 11 is 0. The first-order valence-corrected chi connectivity index (χ1v) is 6.87. The quantitative estimate of drug-likeness (QED) is 0.651. The van der Waals surface area contributed by atoms with E-state index >= 15 is 0 Å². The molecule has 1 atom stereocenters. The number of carbonyl (C=O) groups is 2. The third kappa shape index (κ3) is 7.14. The minimum atomic E-state index is -0.153. The molecule has 0 saturated heterocycles. The molecule has 5 nitrogen and oxygen atoms in total. The zero-order valence-electron chi connectivity index (χ0n) is 12.1. The SMILES string of the molecule is CC[C@@H](C)NC(=O)NCCCC(=O)N(CC)CC. The Hall–Kier alpha value is -1.26. The smallest absolute Gasteiger partial charge is 0.314 e. The normalized spacial score (nSPS) is 11.8. The molecule has 0 aliphatic rings. The molecule has 0 radical (unpaired) electrons. The summed E-state index contributed by atoms with van der Waals surface area (Å²) < 4.78 is 0. The van der Waals surface area contributed by atoms with Gasteiger partial charge >= 0.3 is 6.03 Å². The van der Waals surface area contributed by atoms with E-state index in [1.165, 1.54) is 0 Å². The van der Waals surface area contributed by atoms with Crippen LogP contribution in [0.5, 0.6) is 0 Å². The Bertz CT molecular complexity index is 253. The van der Waals surface area contributed by atoms with Gasteiger partial charge in [-0.1, -0.05) is 6.92 Å². The average Bonchev–Trinajstić information content (AvgIpc) is 2.36. The van der Waals surface area contributed by atoms with Crippen molar-refractivity contribution in [2.45, 2.75) is 53.0 Å². The van der Waals surface area contributed by atoms with E-state index in [9.17, 15) is 9.59 Å². The summed E-state index contributed by atoms with van der Waals surface area (Å²) in [6.07, 6.45) is 2.09. The molecule has 0 saturated carbocycles. The van der Waals surface area contributed by atoms with Gasteiger partial charge in [0.1, 0.15) is 0 Å². The van der Waals surface area contributed by atoms with Crippen molar-refractivity contribution >= 4 is 11.9 Å². The number of hydrogen-bond donors (Lipinski definition) is 2. The molecular formula is C13H27N3O2. The third-order valence-corrected chi connectivity index (χ3v) is 2.96. The highest BCUT2D eigenvalue weighted by molar-refractivity contribution is 5.76. The lowest BCUT2D eigenvalue weighted by atomic mass is 10.2. The molecule has 0 rings (SSSR count). The maximum atomic E-state index is 11.7. The van der Waals surface area contributed by atoms with Crippen LogP contribution < -0.4 is 10.6 Å². The molecule has 0 aromatic rings. The van der Waals surface area contributed by atoms with Crippen molar-refractivity contribution in [2.24, 2.45) is 0 Å². The molecule has 0 heterocycles. The number of nitrogens with zero attached hydrogens (tertiary/aromatic N) is 1. The van der Waals surface area contributed by atoms with Crippen molar-refractivity contribution in [2.75, 3.05) is 19.6 Å². The monoisotopic (exact) mass is 257 g/mol. The topological polar surface area (TPSA) is 61.4 Å². The van der Waals surface area contributed by atoms with E-state index in [0.717, 1.165) is 19.5 Å². The van der Waals surface area contributed by atoms with Crippen LogP contribution in [0.2, 0.25) is 0 Å². The fraction of sp³-hybridized carbons (Fsp3) is 0.846. The summed E-state index contributed by atoms with van der Waals surface area (Å²) in [5.41, 5.74) is 0. The van der Waals surface area contributed by atoms with Crippen molar-refractivity contribution in [3.63, 3.8) is 0 Å². The van der Waals surface area contributed by atoms with E-state index < -0.39 is 0 Å². The van der Waals surface area contributed by atoms with Crippen molar-refractivity contribution < 1.29 is 9.59 Å². The van der Waals surface area contributed by atoms with Gasteiger partial charge in [-0.25, -0.2) is 4.79 Å². The largest absolute Gasteiger partial charge is 0.343 e. The summed E-state index contributed by atoms with van der Waals surface area (Å²) in [5, 5.41) is 5.57. The lowest BCUT2D eigenvalue weighted by Crippen LogP contribution is -2.41. The number of rotatable bonds is 8. The Morgan fingerprint density at radius 3 is 2.28 bits per heavy atom. The van der Waals surface area contributed by atoms with Crippen LogP contribution in [0.3, 0.4) is 0 Å². The van der Waals surface area contributed by atoms with Crippen LogP contribution in [-0.4, -0.2) is 42.5 Å². The van der Waals surface area contributed by atoms with Crippen LogP contribution in [0.25, 0.3) is 0 Å². The van der Waals surface area contributed by atoms with Gasteiger partial charge in [-0.2, -0.15) is 0 Å². The second kappa shape index (κ2) is 9.74. The van der Waals surface area contributed by atoms with Gasteiger partial charge in [-0.15, -0.1) is 0 Å². The fourth-order valence-electron chi connectivity index (χ4n) is 1.55. The maximum Gasteiger partial charge on any atom is 0.314 e. The Morgan fingerprint density at radius 1 is 1.17 bits per heavy atom. The van der Waals surface area contributed by atoms with Crippen molar-refractivity contribution in [1.29, 1.82) is 0 Å². The van der Waals surface area contributed by atoms with Gasteiger partial charge in [0.05, 0.1) is 0 Å². The van der Waals surface area contributed by atoms with E-state index in [-0.39, 0.29) is 18.0 Å². The summed E-state index contributed by atoms with van der Waals surface area (Å²) in [5.74, 6) is 0.157. The molecule has 0 aromatic heterocycles. The van der Waals surface area contributed by atoms with E-state index in [1.54, 1.807) is 4.90 Å². The van der Waals surface area contributed by atoms with Gasteiger partial charge in [0, 0.05) is 32.1 Å². The number of carbonyl (C=O) groups excluding carboxylic acids is 2. The van der Waals surface area contributed by atoms with E-state index in [4.69, 9.17) is 0 Å². The molecule has 18 heavy (non-hydrogen) atoms. The van der Waals surface area contributed by atoms with Gasteiger partial charge in [0.2, 0.25) is 5.91 Å². The first-order chi connectivity index (χ1) is 8.54. The number of amides is 3. The molecule has 3 amide bonds. The Labute approximate surface area is 110 Å². The molecule has 2 N–H and O–H groups in total. The predicted octanol–water partition coefficient (Wildman–Crippen LogP) is 1.73. The molecule has 0 aliphatic carbocycles. The average molecular weight is 257 g/mol. The van der Waals surface area contributed by atoms with Crippen LogP contribution in [0.4, 0.5) is 4.79 Å². The van der Waals surface area contributed by atoms with Crippen LogP contribution >= 0.6 is 0 Å². The molecular weight excluding hydrogens is 230 g/mol. The van der Waals surface area contributed by atoms with E-state index in [1.807, 2.05) is 27.7 Å². The molecule has 0 aromatic carbocycles. The first kappa shape index (κ1) is 16.7. The van der Waals surface area contributed by atoms with E-state index in [2.05, 4.69) is 10.6 Å². The van der Waals surface area contributed by atoms with Gasteiger partial charge in [-0.3, -0.25) is 4.79 Å². The second-order valence-corrected chi connectivity index (χ2v) is 4.38. The highest BCUT2D eigenvalue weighted by atomic mass is 16.2. The Balaban J connectivity index is 3.67. The zero-order chi connectivity index (χ0) is 14.0. The van der Waals surface area contributed by atoms with Crippen molar-refractivity contribution in [3.05, 3.63) is 0 Å². The van der Waals surface area contributed by atoms with Crippen molar-refractivity contribution in [1.82, 2.24) is 15.5 Å².